The Morgan fingerprint density at radius 2 is 1.87 bits per heavy atom. The Kier molecular flexibility index (Phi) is 4.99. The van der Waals surface area contributed by atoms with Crippen LogP contribution in [0.3, 0.4) is 0 Å². The third kappa shape index (κ3) is 4.58. The van der Waals surface area contributed by atoms with E-state index >= 15 is 0 Å². The van der Waals surface area contributed by atoms with Crippen LogP contribution < -0.4 is 5.32 Å². The summed E-state index contributed by atoms with van der Waals surface area (Å²) >= 11 is 5.72. The summed E-state index contributed by atoms with van der Waals surface area (Å²) in [4.78, 5) is 0. The van der Waals surface area contributed by atoms with Gasteiger partial charge in [0.2, 0.25) is 0 Å². The van der Waals surface area contributed by atoms with Gasteiger partial charge in [0, 0.05) is 5.02 Å². The SMILES string of the molecule is CC(NCCc1ccc(Cl)cc1)C(F)F. The molecule has 0 aliphatic rings. The largest absolute Gasteiger partial charge is 0.309 e. The highest BCUT2D eigenvalue weighted by Gasteiger charge is 2.12. The lowest BCUT2D eigenvalue weighted by Crippen LogP contribution is -2.33. The van der Waals surface area contributed by atoms with Gasteiger partial charge >= 0.3 is 0 Å². The van der Waals surface area contributed by atoms with Crippen molar-refractivity contribution < 1.29 is 8.78 Å². The van der Waals surface area contributed by atoms with Gasteiger partial charge in [-0.25, -0.2) is 8.78 Å². The maximum absolute atomic E-state index is 12.1. The molecule has 0 spiro atoms. The van der Waals surface area contributed by atoms with E-state index in [4.69, 9.17) is 11.6 Å². The van der Waals surface area contributed by atoms with E-state index in [0.29, 0.717) is 11.6 Å². The van der Waals surface area contributed by atoms with Crippen LogP contribution in [-0.4, -0.2) is 19.0 Å². The summed E-state index contributed by atoms with van der Waals surface area (Å²) in [5.41, 5.74) is 1.09. The van der Waals surface area contributed by atoms with Gasteiger partial charge < -0.3 is 5.32 Å². The molecule has 0 heterocycles. The molecular weight excluding hydrogens is 220 g/mol. The number of benzene rings is 1. The van der Waals surface area contributed by atoms with E-state index in [1.165, 1.54) is 6.92 Å². The van der Waals surface area contributed by atoms with Crippen molar-refractivity contribution in [1.29, 1.82) is 0 Å². The third-order valence-electron chi connectivity index (χ3n) is 2.17. The predicted molar refractivity (Wildman–Crippen MR) is 58.6 cm³/mol. The molecule has 1 nitrogen and oxygen atoms in total. The van der Waals surface area contributed by atoms with Crippen molar-refractivity contribution in [2.45, 2.75) is 25.8 Å². The minimum Gasteiger partial charge on any atom is -0.309 e. The molecule has 1 N–H and O–H groups in total. The minimum atomic E-state index is -2.31. The van der Waals surface area contributed by atoms with Gasteiger partial charge in [0.15, 0.2) is 0 Å². The molecule has 0 saturated carbocycles. The van der Waals surface area contributed by atoms with Gasteiger partial charge in [-0.2, -0.15) is 0 Å². The minimum absolute atomic E-state index is 0.549. The van der Waals surface area contributed by atoms with Crippen LogP contribution in [0.5, 0.6) is 0 Å². The number of alkyl halides is 2. The zero-order valence-electron chi connectivity index (χ0n) is 8.51. The molecule has 0 radical (unpaired) electrons. The fourth-order valence-electron chi connectivity index (χ4n) is 1.18. The molecule has 1 unspecified atom stereocenters. The summed E-state index contributed by atoms with van der Waals surface area (Å²) in [6.07, 6.45) is -1.58. The molecule has 1 atom stereocenters. The lowest BCUT2D eigenvalue weighted by molar-refractivity contribution is 0.106. The molecule has 0 aliphatic carbocycles. The number of halogens is 3. The summed E-state index contributed by atoms with van der Waals surface area (Å²) in [6.45, 7) is 2.03. The van der Waals surface area contributed by atoms with E-state index in [2.05, 4.69) is 5.32 Å². The van der Waals surface area contributed by atoms with E-state index < -0.39 is 12.5 Å². The normalized spacial score (nSPS) is 13.1. The van der Waals surface area contributed by atoms with Crippen molar-refractivity contribution in [3.05, 3.63) is 34.9 Å². The van der Waals surface area contributed by atoms with Crippen LogP contribution in [0, 0.1) is 0 Å². The van der Waals surface area contributed by atoms with Gasteiger partial charge in [-0.15, -0.1) is 0 Å². The van der Waals surface area contributed by atoms with Crippen LogP contribution in [0.2, 0.25) is 5.02 Å². The first-order valence-electron chi connectivity index (χ1n) is 4.85. The molecule has 15 heavy (non-hydrogen) atoms. The average Bonchev–Trinajstić information content (AvgIpc) is 2.20. The lowest BCUT2D eigenvalue weighted by atomic mass is 10.1. The molecule has 0 saturated heterocycles. The van der Waals surface area contributed by atoms with Crippen molar-refractivity contribution in [3.63, 3.8) is 0 Å². The van der Waals surface area contributed by atoms with Gasteiger partial charge in [-0.1, -0.05) is 23.7 Å². The monoisotopic (exact) mass is 233 g/mol. The van der Waals surface area contributed by atoms with Crippen molar-refractivity contribution in [3.8, 4) is 0 Å². The van der Waals surface area contributed by atoms with Gasteiger partial charge in [-0.05, 0) is 37.6 Å². The first-order valence-corrected chi connectivity index (χ1v) is 5.23. The molecule has 1 aromatic rings. The van der Waals surface area contributed by atoms with Gasteiger partial charge in [0.25, 0.3) is 6.43 Å². The second-order valence-corrected chi connectivity index (χ2v) is 3.89. The Balaban J connectivity index is 2.29. The van der Waals surface area contributed by atoms with Crippen molar-refractivity contribution in [2.75, 3.05) is 6.54 Å². The Bertz CT molecular complexity index is 287. The van der Waals surface area contributed by atoms with Crippen LogP contribution in [-0.2, 0) is 6.42 Å². The van der Waals surface area contributed by atoms with E-state index in [-0.39, 0.29) is 0 Å². The fourth-order valence-corrected chi connectivity index (χ4v) is 1.31. The maximum atomic E-state index is 12.1. The molecule has 0 aliphatic heterocycles. The predicted octanol–water partition coefficient (Wildman–Crippen LogP) is 3.13. The van der Waals surface area contributed by atoms with Gasteiger partial charge in [0.1, 0.15) is 0 Å². The zero-order valence-corrected chi connectivity index (χ0v) is 9.27. The number of hydrogen-bond donors (Lipinski definition) is 1. The third-order valence-corrected chi connectivity index (χ3v) is 2.42. The van der Waals surface area contributed by atoms with Crippen LogP contribution in [0.15, 0.2) is 24.3 Å². The Morgan fingerprint density at radius 3 is 2.40 bits per heavy atom. The molecule has 0 amide bonds. The van der Waals surface area contributed by atoms with E-state index in [1.807, 2.05) is 12.1 Å². The standard InChI is InChI=1S/C11H14ClF2N/c1-8(11(13)14)15-7-6-9-2-4-10(12)5-3-9/h2-5,8,11,15H,6-7H2,1H3. The molecule has 84 valence electrons. The first kappa shape index (κ1) is 12.4. The van der Waals surface area contributed by atoms with Gasteiger partial charge in [0.05, 0.1) is 6.04 Å². The van der Waals surface area contributed by atoms with Crippen LogP contribution in [0.1, 0.15) is 12.5 Å². The number of nitrogens with one attached hydrogen (secondary N) is 1. The van der Waals surface area contributed by atoms with Crippen LogP contribution in [0.25, 0.3) is 0 Å². The topological polar surface area (TPSA) is 12.0 Å². The summed E-state index contributed by atoms with van der Waals surface area (Å²) in [6, 6.07) is 6.65. The first-order chi connectivity index (χ1) is 7.09. The van der Waals surface area contributed by atoms with E-state index in [0.717, 1.165) is 12.0 Å². The van der Waals surface area contributed by atoms with E-state index in [9.17, 15) is 8.78 Å². The summed E-state index contributed by atoms with van der Waals surface area (Å²) in [5.74, 6) is 0. The number of rotatable bonds is 5. The second-order valence-electron chi connectivity index (χ2n) is 3.45. The van der Waals surface area contributed by atoms with Crippen molar-refractivity contribution >= 4 is 11.6 Å². The Hall–Kier alpha value is -0.670. The molecule has 0 aromatic heterocycles. The van der Waals surface area contributed by atoms with Crippen molar-refractivity contribution in [2.24, 2.45) is 0 Å². The smallest absolute Gasteiger partial charge is 0.253 e. The highest BCUT2D eigenvalue weighted by molar-refractivity contribution is 6.30. The molecule has 4 heteroatoms. The number of hydrogen-bond acceptors (Lipinski definition) is 1. The maximum Gasteiger partial charge on any atom is 0.253 e. The Morgan fingerprint density at radius 1 is 1.27 bits per heavy atom. The zero-order chi connectivity index (χ0) is 11.3. The Labute approximate surface area is 93.4 Å². The average molecular weight is 234 g/mol. The van der Waals surface area contributed by atoms with Crippen LogP contribution >= 0.6 is 11.6 Å². The summed E-state index contributed by atoms with van der Waals surface area (Å²) in [7, 11) is 0. The molecule has 1 rings (SSSR count). The highest BCUT2D eigenvalue weighted by atomic mass is 35.5. The molecular formula is C11H14ClF2N. The molecule has 1 aromatic carbocycles. The second kappa shape index (κ2) is 6.03. The fraction of sp³-hybridized carbons (Fsp3) is 0.455. The summed E-state index contributed by atoms with van der Waals surface area (Å²) < 4.78 is 24.3. The quantitative estimate of drug-likeness (QED) is 0.824. The summed E-state index contributed by atoms with van der Waals surface area (Å²) in [5, 5.41) is 3.45. The lowest BCUT2D eigenvalue weighted by Gasteiger charge is -2.12. The van der Waals surface area contributed by atoms with Gasteiger partial charge in [-0.3, -0.25) is 0 Å². The van der Waals surface area contributed by atoms with E-state index in [1.54, 1.807) is 12.1 Å². The van der Waals surface area contributed by atoms with Crippen molar-refractivity contribution in [1.82, 2.24) is 5.32 Å². The molecule has 0 fully saturated rings. The highest BCUT2D eigenvalue weighted by Crippen LogP contribution is 2.09. The van der Waals surface area contributed by atoms with Crippen LogP contribution in [0.4, 0.5) is 8.78 Å². The molecule has 0 bridgehead atoms.